The Hall–Kier alpha value is -4.63. The molecule has 1 N–H and O–H groups in total. The van der Waals surface area contributed by atoms with Crippen molar-refractivity contribution in [2.24, 2.45) is 4.99 Å². The van der Waals surface area contributed by atoms with Gasteiger partial charge in [-0.05, 0) is 67.1 Å². The standard InChI is InChI=1S/C39H33N3OP/c1-40-38-34-13-3-5-14-35(34)41-37(39(38)42-24-7-2-8-25-42)29-18-16-27(17-19-29)30-10-9-11-32(26-30)44(43)31-22-20-28(21-23-31)33-12-4-6-15-36(33)44/h2-20,22,24,26,28,31,43H,1,21,23,25H2/q+1/t28-,31?,44?/m1/s1. The second-order valence-corrected chi connectivity index (χ2v) is 14.8. The first-order valence-corrected chi connectivity index (χ1v) is 17.1. The highest BCUT2D eigenvalue weighted by molar-refractivity contribution is 7.85. The molecule has 0 saturated carbocycles. The third kappa shape index (κ3) is 4.29. The highest BCUT2D eigenvalue weighted by Gasteiger charge is 2.53. The van der Waals surface area contributed by atoms with Crippen molar-refractivity contribution in [1.82, 2.24) is 4.98 Å². The summed E-state index contributed by atoms with van der Waals surface area (Å²) in [6, 6.07) is 33.9. The minimum absolute atomic E-state index is 0.156. The van der Waals surface area contributed by atoms with Gasteiger partial charge in [0.2, 0.25) is 7.49 Å². The van der Waals surface area contributed by atoms with E-state index in [4.69, 9.17) is 4.98 Å². The summed E-state index contributed by atoms with van der Waals surface area (Å²) < 4.78 is 0. The molecular weight excluding hydrogens is 557 g/mol. The summed E-state index contributed by atoms with van der Waals surface area (Å²) in [7, 11) is -2.61. The molecule has 4 heterocycles. The molecule has 4 nitrogen and oxygen atoms in total. The summed E-state index contributed by atoms with van der Waals surface area (Å²) in [6.07, 6.45) is 15.0. The predicted octanol–water partition coefficient (Wildman–Crippen LogP) is 8.48. The van der Waals surface area contributed by atoms with Gasteiger partial charge in [-0.15, -0.1) is 0 Å². The van der Waals surface area contributed by atoms with Gasteiger partial charge >= 0.3 is 0 Å². The third-order valence-corrected chi connectivity index (χ3v) is 13.0. The van der Waals surface area contributed by atoms with E-state index >= 15 is 0 Å². The van der Waals surface area contributed by atoms with Gasteiger partial charge in [-0.25, -0.2) is 9.88 Å². The molecule has 0 fully saturated rings. The molecule has 9 rings (SSSR count). The fraction of sp³-hybridized carbons (Fsp3) is 0.128. The quantitative estimate of drug-likeness (QED) is 0.127. The molecule has 1 aromatic heterocycles. The van der Waals surface area contributed by atoms with Crippen LogP contribution in [0.4, 0.5) is 11.4 Å². The maximum Gasteiger partial charge on any atom is 0.213 e. The molecule has 0 saturated heterocycles. The Labute approximate surface area is 258 Å². The van der Waals surface area contributed by atoms with Crippen LogP contribution in [-0.4, -0.2) is 28.8 Å². The van der Waals surface area contributed by atoms with E-state index in [-0.39, 0.29) is 5.66 Å². The van der Waals surface area contributed by atoms with Gasteiger partial charge in [0.1, 0.15) is 16.3 Å². The lowest BCUT2D eigenvalue weighted by Crippen LogP contribution is -2.30. The molecule has 3 aliphatic heterocycles. The van der Waals surface area contributed by atoms with Crippen LogP contribution in [0.2, 0.25) is 0 Å². The second kappa shape index (κ2) is 10.8. The number of benzene rings is 4. The molecule has 5 heteroatoms. The van der Waals surface area contributed by atoms with Crippen LogP contribution in [0.25, 0.3) is 33.3 Å². The number of pyridine rings is 1. The maximum atomic E-state index is 12.6. The van der Waals surface area contributed by atoms with E-state index in [0.717, 1.165) is 74.7 Å². The van der Waals surface area contributed by atoms with Crippen LogP contribution in [0.15, 0.2) is 139 Å². The largest absolute Gasteiger partial charge is 0.341 e. The van der Waals surface area contributed by atoms with Gasteiger partial charge in [-0.1, -0.05) is 91.0 Å². The predicted molar refractivity (Wildman–Crippen MR) is 187 cm³/mol. The summed E-state index contributed by atoms with van der Waals surface area (Å²) >= 11 is 0. The molecule has 4 aromatic carbocycles. The second-order valence-electron chi connectivity index (χ2n) is 11.8. The molecule has 0 amide bonds. The summed E-state index contributed by atoms with van der Waals surface area (Å²) in [5.41, 5.74) is 8.24. The van der Waals surface area contributed by atoms with E-state index < -0.39 is 7.49 Å². The Kier molecular flexibility index (Phi) is 6.63. The van der Waals surface area contributed by atoms with Crippen molar-refractivity contribution in [2.45, 2.75) is 24.4 Å². The van der Waals surface area contributed by atoms with Crippen molar-refractivity contribution in [3.8, 4) is 22.4 Å². The van der Waals surface area contributed by atoms with Crippen molar-refractivity contribution in [3.05, 3.63) is 139 Å². The van der Waals surface area contributed by atoms with Gasteiger partial charge in [-0.2, -0.15) is 0 Å². The smallest absolute Gasteiger partial charge is 0.213 e. The minimum atomic E-state index is -2.61. The van der Waals surface area contributed by atoms with Gasteiger partial charge in [0.25, 0.3) is 0 Å². The number of hydrogen-bond donors (Lipinski definition) is 1. The zero-order valence-electron chi connectivity index (χ0n) is 24.4. The van der Waals surface area contributed by atoms with E-state index in [1.54, 1.807) is 0 Å². The summed E-state index contributed by atoms with van der Waals surface area (Å²) in [5, 5.41) is 3.18. The number of anilines is 1. The number of aromatic nitrogens is 1. The summed E-state index contributed by atoms with van der Waals surface area (Å²) in [5.74, 6) is 0.397. The van der Waals surface area contributed by atoms with Crippen molar-refractivity contribution in [2.75, 3.05) is 11.4 Å². The summed E-state index contributed by atoms with van der Waals surface area (Å²) in [6.45, 7) is 4.68. The van der Waals surface area contributed by atoms with E-state index in [1.807, 2.05) is 24.3 Å². The molecule has 44 heavy (non-hydrogen) atoms. The first-order valence-electron chi connectivity index (χ1n) is 15.3. The number of aliphatic imine (C=N–C) groups is 1. The molecule has 5 aromatic rings. The number of nitrogens with zero attached hydrogens (tertiary/aromatic N) is 3. The monoisotopic (exact) mass is 590 g/mol. The first kappa shape index (κ1) is 27.0. The Morgan fingerprint density at radius 2 is 1.64 bits per heavy atom. The van der Waals surface area contributed by atoms with Crippen molar-refractivity contribution in [1.29, 1.82) is 0 Å². The van der Waals surface area contributed by atoms with E-state index in [0.29, 0.717) is 5.92 Å². The SMILES string of the molecule is C=Nc1c(N2C=CC=CC2)c(-c2ccc(-c3cccc([P+]4(O)c5ccccc5[C@@H]5C=CC4CC5)c3)cc2)nc2ccccc12. The molecule has 0 spiro atoms. The van der Waals surface area contributed by atoms with E-state index in [9.17, 15) is 4.89 Å². The number of rotatable bonds is 5. The molecule has 2 unspecified atom stereocenters. The van der Waals surface area contributed by atoms with Crippen LogP contribution in [0, 0.1) is 0 Å². The van der Waals surface area contributed by atoms with Gasteiger partial charge in [0.05, 0.1) is 22.6 Å². The number of hydrogen-bond acceptors (Lipinski definition) is 4. The number of allylic oxidation sites excluding steroid dienone is 4. The molecule has 2 bridgehead atoms. The van der Waals surface area contributed by atoms with Crippen molar-refractivity contribution in [3.63, 3.8) is 0 Å². The molecule has 214 valence electrons. The fourth-order valence-electron chi connectivity index (χ4n) is 7.17. The van der Waals surface area contributed by atoms with Gasteiger partial charge < -0.3 is 4.90 Å². The molecule has 3 atom stereocenters. The highest BCUT2D eigenvalue weighted by atomic mass is 31.2. The van der Waals surface area contributed by atoms with Gasteiger partial charge in [0, 0.05) is 35.2 Å². The number of fused-ring (bicyclic) bond motifs is 2. The van der Waals surface area contributed by atoms with Gasteiger partial charge in [0.15, 0.2) is 0 Å². The van der Waals surface area contributed by atoms with Crippen molar-refractivity contribution >= 4 is 47.1 Å². The van der Waals surface area contributed by atoms with Gasteiger partial charge in [-0.3, -0.25) is 4.99 Å². The molecular formula is C39H33N3OP+. The number of para-hydroxylation sites is 1. The van der Waals surface area contributed by atoms with Crippen LogP contribution >= 0.6 is 7.49 Å². The fourth-order valence-corrected chi connectivity index (χ4v) is 10.7. The first-order chi connectivity index (χ1) is 21.6. The van der Waals surface area contributed by atoms with E-state index in [2.05, 4.69) is 126 Å². The summed E-state index contributed by atoms with van der Waals surface area (Å²) in [4.78, 5) is 24.5. The van der Waals surface area contributed by atoms with Crippen LogP contribution < -0.4 is 15.5 Å². The minimum Gasteiger partial charge on any atom is -0.341 e. The average molecular weight is 591 g/mol. The molecule has 0 radical (unpaired) electrons. The Morgan fingerprint density at radius 3 is 2.43 bits per heavy atom. The van der Waals surface area contributed by atoms with Crippen LogP contribution in [-0.2, 0) is 0 Å². The van der Waals surface area contributed by atoms with Crippen molar-refractivity contribution < 1.29 is 4.89 Å². The van der Waals surface area contributed by atoms with E-state index in [1.165, 1.54) is 5.56 Å². The lowest BCUT2D eigenvalue weighted by Gasteiger charge is -2.26. The highest BCUT2D eigenvalue weighted by Crippen LogP contribution is 2.63. The zero-order chi connectivity index (χ0) is 29.7. The Morgan fingerprint density at radius 1 is 0.818 bits per heavy atom. The molecule has 1 aliphatic carbocycles. The lowest BCUT2D eigenvalue weighted by atomic mass is 9.89. The van der Waals surface area contributed by atoms with Crippen LogP contribution in [0.3, 0.4) is 0 Å². The Balaban J connectivity index is 1.21. The topological polar surface area (TPSA) is 48.7 Å². The van der Waals surface area contributed by atoms with Crippen LogP contribution in [0.1, 0.15) is 24.3 Å². The zero-order valence-corrected chi connectivity index (χ0v) is 25.3. The average Bonchev–Trinajstić information content (AvgIpc) is 3.30. The third-order valence-electron chi connectivity index (χ3n) is 9.35. The Bertz CT molecular complexity index is 2010. The lowest BCUT2D eigenvalue weighted by molar-refractivity contribution is 0.592. The van der Waals surface area contributed by atoms with Crippen LogP contribution in [0.5, 0.6) is 0 Å². The molecule has 4 aliphatic rings. The maximum absolute atomic E-state index is 12.6. The normalized spacial score (nSPS) is 21.8.